The van der Waals surface area contributed by atoms with Crippen molar-refractivity contribution in [3.8, 4) is 17.2 Å². The average molecular weight is 377 g/mol. The monoisotopic (exact) mass is 377 g/mol. The summed E-state index contributed by atoms with van der Waals surface area (Å²) >= 11 is 0. The molecule has 2 heterocycles. The minimum atomic E-state index is -0.795. The molecule has 1 atom stereocenters. The highest BCUT2D eigenvalue weighted by atomic mass is 19.1. The van der Waals surface area contributed by atoms with E-state index in [-0.39, 0.29) is 17.0 Å². The van der Waals surface area contributed by atoms with Gasteiger partial charge in [-0.15, -0.1) is 0 Å². The number of benzene rings is 2. The lowest BCUT2D eigenvalue weighted by molar-refractivity contribution is 0.249. The molecule has 3 aromatic rings. The fraction of sp³-hybridized carbons (Fsp3) is 0.100. The van der Waals surface area contributed by atoms with Crippen LogP contribution in [0, 0.1) is 29.9 Å². The molecule has 2 aromatic carbocycles. The molecule has 1 aliphatic heterocycles. The molecule has 0 bridgehead atoms. The third kappa shape index (κ3) is 2.69. The second-order valence-corrected chi connectivity index (χ2v) is 6.34. The van der Waals surface area contributed by atoms with Crippen LogP contribution in [0.25, 0.3) is 11.1 Å². The lowest BCUT2D eigenvalue weighted by Gasteiger charge is -2.14. The molecule has 28 heavy (non-hydrogen) atoms. The molecule has 0 fully saturated rings. The second-order valence-electron chi connectivity index (χ2n) is 6.34. The van der Waals surface area contributed by atoms with Crippen molar-refractivity contribution in [2.75, 3.05) is 0 Å². The number of nitrogens with two attached hydrogens (primary N) is 1. The van der Waals surface area contributed by atoms with Gasteiger partial charge in [-0.1, -0.05) is 12.1 Å². The third-order valence-electron chi connectivity index (χ3n) is 4.59. The molecule has 4 rings (SSSR count). The molecule has 2 N–H and O–H groups in total. The molecule has 6 nitrogen and oxygen atoms in total. The maximum absolute atomic E-state index is 14.4. The number of nitriles is 1. The largest absolute Gasteiger partial charge is 0.369 e. The van der Waals surface area contributed by atoms with Crippen LogP contribution < -0.4 is 5.73 Å². The van der Waals surface area contributed by atoms with Crippen LogP contribution in [0.4, 0.5) is 13.6 Å². The summed E-state index contributed by atoms with van der Waals surface area (Å²) < 4.78 is 28.8. The van der Waals surface area contributed by atoms with E-state index in [1.807, 2.05) is 6.07 Å². The molecule has 1 aromatic heterocycles. The number of fused-ring (bicyclic) bond motifs is 1. The Morgan fingerprint density at radius 2 is 1.89 bits per heavy atom. The summed E-state index contributed by atoms with van der Waals surface area (Å²) in [5.41, 5.74) is 8.78. The van der Waals surface area contributed by atoms with Crippen LogP contribution in [-0.4, -0.2) is 21.5 Å². The van der Waals surface area contributed by atoms with E-state index in [1.54, 1.807) is 31.2 Å². The van der Waals surface area contributed by atoms with Gasteiger partial charge in [0.15, 0.2) is 0 Å². The van der Waals surface area contributed by atoms with Crippen LogP contribution in [0.2, 0.25) is 0 Å². The van der Waals surface area contributed by atoms with Crippen LogP contribution in [-0.2, 0) is 0 Å². The van der Waals surface area contributed by atoms with E-state index < -0.39 is 23.7 Å². The van der Waals surface area contributed by atoms with E-state index in [0.717, 1.165) is 16.8 Å². The van der Waals surface area contributed by atoms with Crippen LogP contribution in [0.3, 0.4) is 0 Å². The molecule has 1 unspecified atom stereocenters. The highest BCUT2D eigenvalue weighted by Gasteiger charge is 2.34. The van der Waals surface area contributed by atoms with Crippen molar-refractivity contribution in [3.05, 3.63) is 76.6 Å². The Hall–Kier alpha value is -3.70. The zero-order chi connectivity index (χ0) is 20.0. The smallest absolute Gasteiger partial charge is 0.319 e. The fourth-order valence-electron chi connectivity index (χ4n) is 3.26. The van der Waals surface area contributed by atoms with Gasteiger partial charge in [0, 0.05) is 17.2 Å². The van der Waals surface area contributed by atoms with Crippen LogP contribution in [0.15, 0.2) is 47.5 Å². The van der Waals surface area contributed by atoms with Gasteiger partial charge in [0.05, 0.1) is 29.1 Å². The van der Waals surface area contributed by atoms with Crippen molar-refractivity contribution in [2.24, 2.45) is 10.7 Å². The number of aliphatic imine (C=N–C) groups is 1. The Kier molecular flexibility index (Phi) is 4.09. The lowest BCUT2D eigenvalue weighted by atomic mass is 9.94. The number of halogens is 2. The van der Waals surface area contributed by atoms with Gasteiger partial charge in [-0.3, -0.25) is 0 Å². The van der Waals surface area contributed by atoms with Crippen molar-refractivity contribution in [3.63, 3.8) is 0 Å². The second kappa shape index (κ2) is 6.48. The average Bonchev–Trinajstić information content (AvgIpc) is 3.18. The Labute approximate surface area is 158 Å². The SMILES string of the molecule is Cc1nn2c(c1-c1ccc(F)cc1F)C(C(N)c1ccc(C#N)cc1)=NC2=O. The molecule has 138 valence electrons. The molecule has 1 amide bonds. The predicted octanol–water partition coefficient (Wildman–Crippen LogP) is 3.48. The van der Waals surface area contributed by atoms with Gasteiger partial charge >= 0.3 is 6.03 Å². The quantitative estimate of drug-likeness (QED) is 0.756. The first-order valence-corrected chi connectivity index (χ1v) is 8.34. The van der Waals surface area contributed by atoms with E-state index in [9.17, 15) is 13.6 Å². The minimum Gasteiger partial charge on any atom is -0.319 e. The van der Waals surface area contributed by atoms with Gasteiger partial charge < -0.3 is 5.73 Å². The summed E-state index contributed by atoms with van der Waals surface area (Å²) in [7, 11) is 0. The fourth-order valence-corrected chi connectivity index (χ4v) is 3.26. The number of rotatable bonds is 3. The zero-order valence-electron chi connectivity index (χ0n) is 14.6. The van der Waals surface area contributed by atoms with Gasteiger partial charge in [-0.25, -0.2) is 13.6 Å². The van der Waals surface area contributed by atoms with Crippen LogP contribution in [0.1, 0.15) is 28.6 Å². The first-order valence-electron chi connectivity index (χ1n) is 8.34. The van der Waals surface area contributed by atoms with Gasteiger partial charge in [0.1, 0.15) is 17.3 Å². The summed E-state index contributed by atoms with van der Waals surface area (Å²) in [4.78, 5) is 16.3. The number of carbonyl (C=O) groups is 1. The van der Waals surface area contributed by atoms with Crippen LogP contribution >= 0.6 is 0 Å². The van der Waals surface area contributed by atoms with Gasteiger partial charge in [0.2, 0.25) is 0 Å². The number of aromatic nitrogens is 2. The third-order valence-corrected chi connectivity index (χ3v) is 4.59. The van der Waals surface area contributed by atoms with Crippen LogP contribution in [0.5, 0.6) is 0 Å². The summed E-state index contributed by atoms with van der Waals surface area (Å²) in [5.74, 6) is -1.48. The van der Waals surface area contributed by atoms with Crippen molar-refractivity contribution >= 4 is 11.7 Å². The number of hydrogen-bond acceptors (Lipinski definition) is 4. The van der Waals surface area contributed by atoms with Crippen molar-refractivity contribution in [1.82, 2.24) is 9.78 Å². The number of hydrogen-bond donors (Lipinski definition) is 1. The van der Waals surface area contributed by atoms with Crippen molar-refractivity contribution in [1.29, 1.82) is 5.26 Å². The maximum Gasteiger partial charge on any atom is 0.369 e. The Morgan fingerprint density at radius 1 is 1.18 bits per heavy atom. The minimum absolute atomic E-state index is 0.106. The summed E-state index contributed by atoms with van der Waals surface area (Å²) in [5, 5.41) is 13.1. The standard InChI is InChI=1S/C20H13F2N5O/c1-10-16(14-7-6-13(21)8-15(14)22)19-18(25-20(28)27(19)26-10)17(24)12-4-2-11(9-23)3-5-12/h2-8,17H,24H2,1H3. The summed E-state index contributed by atoms with van der Waals surface area (Å²) in [6, 6.07) is 10.3. The molecule has 0 aliphatic carbocycles. The predicted molar refractivity (Wildman–Crippen MR) is 97.7 cm³/mol. The number of amides is 1. The van der Waals surface area contributed by atoms with E-state index in [0.29, 0.717) is 22.4 Å². The molecule has 0 spiro atoms. The number of carbonyl (C=O) groups excluding carboxylic acids is 1. The highest BCUT2D eigenvalue weighted by Crippen LogP contribution is 2.35. The molecular weight excluding hydrogens is 364 g/mol. The summed E-state index contributed by atoms with van der Waals surface area (Å²) in [6.07, 6.45) is 0. The zero-order valence-corrected chi connectivity index (χ0v) is 14.6. The highest BCUT2D eigenvalue weighted by molar-refractivity contribution is 6.18. The van der Waals surface area contributed by atoms with E-state index in [1.165, 1.54) is 6.07 Å². The Bertz CT molecular complexity index is 1190. The molecule has 1 aliphatic rings. The normalized spacial score (nSPS) is 13.8. The molecule has 0 saturated heterocycles. The first kappa shape index (κ1) is 17.7. The van der Waals surface area contributed by atoms with Crippen molar-refractivity contribution in [2.45, 2.75) is 13.0 Å². The molecule has 0 saturated carbocycles. The topological polar surface area (TPSA) is 97.1 Å². The Balaban J connectivity index is 1.86. The summed E-state index contributed by atoms with van der Waals surface area (Å²) in [6.45, 7) is 1.63. The molecule has 8 heteroatoms. The Morgan fingerprint density at radius 3 is 2.54 bits per heavy atom. The van der Waals surface area contributed by atoms with E-state index in [2.05, 4.69) is 10.1 Å². The van der Waals surface area contributed by atoms with Crippen molar-refractivity contribution < 1.29 is 13.6 Å². The number of nitrogens with zero attached hydrogens (tertiary/aromatic N) is 4. The van der Waals surface area contributed by atoms with E-state index >= 15 is 0 Å². The molecular formula is C20H13F2N5O. The van der Waals surface area contributed by atoms with Gasteiger partial charge in [0.25, 0.3) is 0 Å². The van der Waals surface area contributed by atoms with Gasteiger partial charge in [-0.2, -0.15) is 20.0 Å². The maximum atomic E-state index is 14.4. The first-order chi connectivity index (χ1) is 13.4. The van der Waals surface area contributed by atoms with Gasteiger partial charge in [-0.05, 0) is 36.8 Å². The van der Waals surface area contributed by atoms with E-state index in [4.69, 9.17) is 11.0 Å². The lowest BCUT2D eigenvalue weighted by Crippen LogP contribution is -2.22. The number of aryl methyl sites for hydroxylation is 1. The molecule has 0 radical (unpaired) electrons.